The molecule has 0 aromatic heterocycles. The molecule has 0 atom stereocenters. The van der Waals surface area contributed by atoms with Gasteiger partial charge in [-0.2, -0.15) is 4.99 Å². The van der Waals surface area contributed by atoms with Gasteiger partial charge in [0.2, 0.25) is 0 Å². The Morgan fingerprint density at radius 1 is 0.912 bits per heavy atom. The normalized spacial score (nSPS) is 17.3. The highest BCUT2D eigenvalue weighted by Gasteiger charge is 2.28. The van der Waals surface area contributed by atoms with Crippen molar-refractivity contribution in [1.82, 2.24) is 4.90 Å². The fourth-order valence-corrected chi connectivity index (χ4v) is 4.99. The second-order valence-electron chi connectivity index (χ2n) is 8.47. The van der Waals surface area contributed by atoms with Crippen molar-refractivity contribution in [3.8, 4) is 5.75 Å². The molecule has 5 nitrogen and oxygen atoms in total. The predicted molar refractivity (Wildman–Crippen MR) is 140 cm³/mol. The quantitative estimate of drug-likeness (QED) is 0.471. The summed E-state index contributed by atoms with van der Waals surface area (Å²) in [6, 6.07) is 26.6. The fourth-order valence-electron chi connectivity index (χ4n) is 4.02. The smallest absolute Gasteiger partial charge is 0.286 e. The van der Waals surface area contributed by atoms with Crippen LogP contribution in [0.15, 0.2) is 88.8 Å². The molecule has 6 heteroatoms. The zero-order valence-corrected chi connectivity index (χ0v) is 20.0. The second-order valence-corrected chi connectivity index (χ2v) is 9.48. The molecule has 1 fully saturated rings. The summed E-state index contributed by atoms with van der Waals surface area (Å²) in [5, 5.41) is 0.802. The molecular formula is C28H27N3O2S. The number of aliphatic imine (C=N–C) groups is 1. The molecule has 2 aliphatic rings. The van der Waals surface area contributed by atoms with Gasteiger partial charge in [0, 0.05) is 31.9 Å². The summed E-state index contributed by atoms with van der Waals surface area (Å²) in [4.78, 5) is 22.2. The van der Waals surface area contributed by atoms with Gasteiger partial charge in [-0.15, -0.1) is 0 Å². The summed E-state index contributed by atoms with van der Waals surface area (Å²) in [6.07, 6.45) is 1.91. The number of carbonyl (C=O) groups excluding carboxylic acids is 1. The van der Waals surface area contributed by atoms with E-state index in [0.717, 1.165) is 48.2 Å². The molecule has 5 rings (SSSR count). The number of carbonyl (C=O) groups is 1. The van der Waals surface area contributed by atoms with Crippen molar-refractivity contribution in [3.05, 3.63) is 100 Å². The third-order valence-corrected chi connectivity index (χ3v) is 7.01. The Balaban J connectivity index is 1.19. The zero-order valence-electron chi connectivity index (χ0n) is 19.2. The number of amides is 1. The van der Waals surface area contributed by atoms with Crippen LogP contribution in [0.25, 0.3) is 6.08 Å². The van der Waals surface area contributed by atoms with Crippen LogP contribution >= 0.6 is 11.8 Å². The molecule has 3 aromatic rings. The first-order chi connectivity index (χ1) is 16.6. The van der Waals surface area contributed by atoms with Gasteiger partial charge in [-0.25, -0.2) is 0 Å². The highest BCUT2D eigenvalue weighted by Crippen LogP contribution is 2.31. The first-order valence-corrected chi connectivity index (χ1v) is 12.3. The molecule has 2 heterocycles. The minimum atomic E-state index is -0.170. The number of benzene rings is 3. The molecule has 3 aromatic carbocycles. The van der Waals surface area contributed by atoms with E-state index in [2.05, 4.69) is 70.2 Å². The van der Waals surface area contributed by atoms with E-state index in [9.17, 15) is 4.79 Å². The van der Waals surface area contributed by atoms with Crippen LogP contribution in [0, 0.1) is 6.92 Å². The Morgan fingerprint density at radius 2 is 1.65 bits per heavy atom. The molecule has 2 aliphatic heterocycles. The van der Waals surface area contributed by atoms with E-state index in [1.165, 1.54) is 23.0 Å². The van der Waals surface area contributed by atoms with Crippen LogP contribution in [0.5, 0.6) is 5.75 Å². The number of ether oxygens (including phenoxy) is 1. The molecule has 172 valence electrons. The van der Waals surface area contributed by atoms with Crippen molar-refractivity contribution < 1.29 is 9.53 Å². The maximum absolute atomic E-state index is 12.6. The molecule has 0 N–H and O–H groups in total. The van der Waals surface area contributed by atoms with Crippen molar-refractivity contribution in [3.63, 3.8) is 0 Å². The third kappa shape index (κ3) is 5.34. The van der Waals surface area contributed by atoms with Crippen molar-refractivity contribution >= 4 is 34.6 Å². The molecule has 1 amide bonds. The number of thioether (sulfide) groups is 1. The van der Waals surface area contributed by atoms with Crippen LogP contribution < -0.4 is 9.64 Å². The van der Waals surface area contributed by atoms with Crippen LogP contribution in [0.1, 0.15) is 16.7 Å². The molecule has 0 bridgehead atoms. The van der Waals surface area contributed by atoms with E-state index < -0.39 is 0 Å². The molecule has 0 radical (unpaired) electrons. The summed E-state index contributed by atoms with van der Waals surface area (Å²) in [7, 11) is 0. The number of hydrogen-bond donors (Lipinski definition) is 0. The third-order valence-electron chi connectivity index (χ3n) is 5.96. The van der Waals surface area contributed by atoms with E-state index >= 15 is 0 Å². The SMILES string of the molecule is Cc1ccc(COc2cccc(/C=C3\SC(N4CCN(c5ccccc5)CC4)=NC3=O)c2)cc1. The zero-order chi connectivity index (χ0) is 23.3. The average molecular weight is 470 g/mol. The maximum atomic E-state index is 12.6. The molecular weight excluding hydrogens is 442 g/mol. The highest BCUT2D eigenvalue weighted by molar-refractivity contribution is 8.18. The summed E-state index contributed by atoms with van der Waals surface area (Å²) in [5.74, 6) is 0.611. The van der Waals surface area contributed by atoms with E-state index in [1.807, 2.05) is 36.4 Å². The van der Waals surface area contributed by atoms with Gasteiger partial charge >= 0.3 is 0 Å². The summed E-state index contributed by atoms with van der Waals surface area (Å²) in [6.45, 7) is 6.11. The highest BCUT2D eigenvalue weighted by atomic mass is 32.2. The summed E-state index contributed by atoms with van der Waals surface area (Å²) in [5.41, 5.74) is 4.53. The van der Waals surface area contributed by atoms with E-state index in [0.29, 0.717) is 11.5 Å². The first kappa shape index (κ1) is 22.3. The number of aryl methyl sites for hydroxylation is 1. The van der Waals surface area contributed by atoms with Gasteiger partial charge in [-0.3, -0.25) is 4.79 Å². The number of rotatable bonds is 5. The molecule has 0 spiro atoms. The Hall–Kier alpha value is -3.51. The molecule has 0 aliphatic carbocycles. The fraction of sp³-hybridized carbons (Fsp3) is 0.214. The largest absolute Gasteiger partial charge is 0.489 e. The van der Waals surface area contributed by atoms with Crippen molar-refractivity contribution in [1.29, 1.82) is 0 Å². The van der Waals surface area contributed by atoms with Crippen LogP contribution in [-0.2, 0) is 11.4 Å². The van der Waals surface area contributed by atoms with Crippen molar-refractivity contribution in [2.75, 3.05) is 31.1 Å². The molecule has 1 saturated heterocycles. The van der Waals surface area contributed by atoms with E-state index in [4.69, 9.17) is 4.74 Å². The number of piperazine rings is 1. The van der Waals surface area contributed by atoms with Gasteiger partial charge in [-0.05, 0) is 60.2 Å². The Kier molecular flexibility index (Phi) is 6.67. The number of para-hydroxylation sites is 1. The van der Waals surface area contributed by atoms with E-state index in [-0.39, 0.29) is 5.91 Å². The Labute approximate surface area is 204 Å². The average Bonchev–Trinajstić information content (AvgIpc) is 3.24. The summed E-state index contributed by atoms with van der Waals surface area (Å²) >= 11 is 1.46. The van der Waals surface area contributed by atoms with Gasteiger partial charge in [0.1, 0.15) is 12.4 Å². The van der Waals surface area contributed by atoms with Crippen molar-refractivity contribution in [2.45, 2.75) is 13.5 Å². The van der Waals surface area contributed by atoms with Gasteiger partial charge in [-0.1, -0.05) is 60.2 Å². The number of hydrogen-bond acceptors (Lipinski definition) is 5. The van der Waals surface area contributed by atoms with Crippen LogP contribution in [0.4, 0.5) is 5.69 Å². The first-order valence-electron chi connectivity index (χ1n) is 11.5. The predicted octanol–water partition coefficient (Wildman–Crippen LogP) is 5.37. The monoisotopic (exact) mass is 469 g/mol. The number of amidine groups is 1. The van der Waals surface area contributed by atoms with Gasteiger partial charge in [0.05, 0.1) is 4.91 Å². The van der Waals surface area contributed by atoms with Gasteiger partial charge in [0.25, 0.3) is 5.91 Å². The molecule has 34 heavy (non-hydrogen) atoms. The lowest BCUT2D eigenvalue weighted by atomic mass is 10.1. The standard InChI is InChI=1S/C28H27N3O2S/c1-21-10-12-22(13-11-21)20-33-25-9-5-6-23(18-25)19-26-27(32)29-28(34-26)31-16-14-30(15-17-31)24-7-3-2-4-8-24/h2-13,18-19H,14-17,20H2,1H3/b26-19-. The lowest BCUT2D eigenvalue weighted by Gasteiger charge is -2.36. The molecule has 0 unspecified atom stereocenters. The van der Waals surface area contributed by atoms with E-state index in [1.54, 1.807) is 0 Å². The van der Waals surface area contributed by atoms with Crippen LogP contribution in [0.3, 0.4) is 0 Å². The maximum Gasteiger partial charge on any atom is 0.286 e. The number of nitrogens with zero attached hydrogens (tertiary/aromatic N) is 3. The van der Waals surface area contributed by atoms with Crippen molar-refractivity contribution in [2.24, 2.45) is 4.99 Å². The molecule has 0 saturated carbocycles. The number of anilines is 1. The second kappa shape index (κ2) is 10.2. The summed E-state index contributed by atoms with van der Waals surface area (Å²) < 4.78 is 5.96. The minimum absolute atomic E-state index is 0.170. The Bertz CT molecular complexity index is 1210. The minimum Gasteiger partial charge on any atom is -0.489 e. The van der Waals surface area contributed by atoms with Gasteiger partial charge < -0.3 is 14.5 Å². The van der Waals surface area contributed by atoms with Crippen LogP contribution in [-0.4, -0.2) is 42.2 Å². The lowest BCUT2D eigenvalue weighted by molar-refractivity contribution is -0.113. The lowest BCUT2D eigenvalue weighted by Crippen LogP contribution is -2.47. The van der Waals surface area contributed by atoms with Gasteiger partial charge in [0.15, 0.2) is 5.17 Å². The van der Waals surface area contributed by atoms with Crippen LogP contribution in [0.2, 0.25) is 0 Å². The topological polar surface area (TPSA) is 45.1 Å². The Morgan fingerprint density at radius 3 is 2.41 bits per heavy atom.